The molecule has 0 aromatic carbocycles. The van der Waals surface area contributed by atoms with E-state index in [-0.39, 0.29) is 0 Å². The van der Waals surface area contributed by atoms with E-state index in [2.05, 4.69) is 10.1 Å². The van der Waals surface area contributed by atoms with Crippen LogP contribution in [-0.4, -0.2) is 14.8 Å². The second-order valence-corrected chi connectivity index (χ2v) is 3.74. The number of hydrogen-bond acceptors (Lipinski definition) is 3. The average molecular weight is 223 g/mol. The van der Waals surface area contributed by atoms with Gasteiger partial charge in [-0.05, 0) is 19.1 Å². The molecule has 5 heteroatoms. The summed E-state index contributed by atoms with van der Waals surface area (Å²) in [5, 5.41) is 4.53. The van der Waals surface area contributed by atoms with Crippen LogP contribution in [-0.2, 0) is 6.54 Å². The van der Waals surface area contributed by atoms with E-state index in [1.54, 1.807) is 10.9 Å². The van der Waals surface area contributed by atoms with Crippen LogP contribution in [0.4, 0.5) is 5.82 Å². The molecule has 0 aliphatic carbocycles. The van der Waals surface area contributed by atoms with Gasteiger partial charge in [-0.1, -0.05) is 17.7 Å². The number of nitrogens with zero attached hydrogens (tertiary/aromatic N) is 3. The lowest BCUT2D eigenvalue weighted by Crippen LogP contribution is -2.03. The monoisotopic (exact) mass is 222 g/mol. The predicted octanol–water partition coefficient (Wildman–Crippen LogP) is 1.87. The van der Waals surface area contributed by atoms with Gasteiger partial charge in [0, 0.05) is 11.9 Å². The van der Waals surface area contributed by atoms with Crippen molar-refractivity contribution in [2.75, 3.05) is 5.73 Å². The van der Waals surface area contributed by atoms with Gasteiger partial charge in [0.1, 0.15) is 5.02 Å². The van der Waals surface area contributed by atoms with Gasteiger partial charge in [-0.3, -0.25) is 9.67 Å². The zero-order valence-corrected chi connectivity index (χ0v) is 9.07. The van der Waals surface area contributed by atoms with Gasteiger partial charge in [-0.2, -0.15) is 5.10 Å². The summed E-state index contributed by atoms with van der Waals surface area (Å²) in [6, 6.07) is 5.86. The summed E-state index contributed by atoms with van der Waals surface area (Å²) in [6.45, 7) is 2.53. The second kappa shape index (κ2) is 3.90. The van der Waals surface area contributed by atoms with Crippen LogP contribution < -0.4 is 5.73 Å². The quantitative estimate of drug-likeness (QED) is 0.844. The summed E-state index contributed by atoms with van der Waals surface area (Å²) in [5.74, 6) is 0.351. The first-order valence-electron chi connectivity index (χ1n) is 4.56. The lowest BCUT2D eigenvalue weighted by Gasteiger charge is -2.01. The van der Waals surface area contributed by atoms with Gasteiger partial charge in [-0.25, -0.2) is 0 Å². The maximum Gasteiger partial charge on any atom is 0.164 e. The molecule has 4 nitrogen and oxygen atoms in total. The van der Waals surface area contributed by atoms with Gasteiger partial charge in [-0.15, -0.1) is 0 Å². The Labute approximate surface area is 92.7 Å². The van der Waals surface area contributed by atoms with E-state index in [1.165, 1.54) is 0 Å². The summed E-state index contributed by atoms with van der Waals surface area (Å²) in [6.07, 6.45) is 1.70. The fourth-order valence-corrected chi connectivity index (χ4v) is 1.50. The summed E-state index contributed by atoms with van der Waals surface area (Å²) in [5.41, 5.74) is 7.46. The van der Waals surface area contributed by atoms with E-state index in [9.17, 15) is 0 Å². The highest BCUT2D eigenvalue weighted by Gasteiger charge is 2.03. The molecule has 0 saturated carbocycles. The molecule has 0 unspecified atom stereocenters. The Morgan fingerprint density at radius 2 is 2.27 bits per heavy atom. The zero-order chi connectivity index (χ0) is 10.8. The molecule has 0 atom stereocenters. The fraction of sp³-hybridized carbons (Fsp3) is 0.200. The van der Waals surface area contributed by atoms with Crippen molar-refractivity contribution in [1.29, 1.82) is 0 Å². The van der Waals surface area contributed by atoms with Gasteiger partial charge in [0.2, 0.25) is 0 Å². The normalized spacial score (nSPS) is 10.5. The number of aryl methyl sites for hydroxylation is 1. The molecule has 15 heavy (non-hydrogen) atoms. The van der Waals surface area contributed by atoms with Crippen LogP contribution in [0.2, 0.25) is 5.02 Å². The van der Waals surface area contributed by atoms with Gasteiger partial charge >= 0.3 is 0 Å². The first kappa shape index (κ1) is 9.98. The van der Waals surface area contributed by atoms with Crippen LogP contribution in [0.3, 0.4) is 0 Å². The van der Waals surface area contributed by atoms with Crippen molar-refractivity contribution in [3.8, 4) is 0 Å². The van der Waals surface area contributed by atoms with Crippen LogP contribution in [0.25, 0.3) is 0 Å². The Kier molecular flexibility index (Phi) is 2.60. The van der Waals surface area contributed by atoms with Gasteiger partial charge in [0.05, 0.1) is 12.2 Å². The van der Waals surface area contributed by atoms with E-state index in [0.29, 0.717) is 17.4 Å². The molecule has 2 aromatic rings. The Bertz CT molecular complexity index is 459. The van der Waals surface area contributed by atoms with Crippen molar-refractivity contribution >= 4 is 17.4 Å². The maximum absolute atomic E-state index is 5.80. The number of anilines is 1. The summed E-state index contributed by atoms with van der Waals surface area (Å²) in [4.78, 5) is 4.36. The molecule has 2 N–H and O–H groups in total. The fourth-order valence-electron chi connectivity index (χ4n) is 1.35. The second-order valence-electron chi connectivity index (χ2n) is 3.33. The third-order valence-corrected chi connectivity index (χ3v) is 2.30. The van der Waals surface area contributed by atoms with Crippen molar-refractivity contribution in [2.24, 2.45) is 0 Å². The molecule has 0 spiro atoms. The first-order chi connectivity index (χ1) is 7.15. The molecule has 0 aliphatic rings. The van der Waals surface area contributed by atoms with Crippen molar-refractivity contribution < 1.29 is 0 Å². The van der Waals surface area contributed by atoms with Crippen LogP contribution in [0.1, 0.15) is 11.4 Å². The van der Waals surface area contributed by atoms with Crippen LogP contribution in [0, 0.1) is 6.92 Å². The molecule has 2 rings (SSSR count). The third-order valence-electron chi connectivity index (χ3n) is 2.01. The van der Waals surface area contributed by atoms with Crippen LogP contribution in [0.15, 0.2) is 24.4 Å². The molecule has 0 saturated heterocycles. The smallest absolute Gasteiger partial charge is 0.164 e. The van der Waals surface area contributed by atoms with Crippen molar-refractivity contribution in [2.45, 2.75) is 13.5 Å². The number of pyridine rings is 1. The van der Waals surface area contributed by atoms with E-state index in [1.807, 2.05) is 25.1 Å². The standard InChI is InChI=1S/C10H11ClN4/c1-7-3-2-4-8(13-7)5-15-6-9(11)10(12)14-15/h2-4,6H,5H2,1H3,(H2,12,14). The molecule has 2 heterocycles. The number of aromatic nitrogens is 3. The third kappa shape index (κ3) is 2.27. The highest BCUT2D eigenvalue weighted by Crippen LogP contribution is 2.15. The maximum atomic E-state index is 5.80. The number of nitrogens with two attached hydrogens (primary N) is 1. The highest BCUT2D eigenvalue weighted by atomic mass is 35.5. The molecular weight excluding hydrogens is 212 g/mol. The molecule has 0 amide bonds. The lowest BCUT2D eigenvalue weighted by molar-refractivity contribution is 0.674. The minimum absolute atomic E-state index is 0.351. The molecule has 0 radical (unpaired) electrons. The SMILES string of the molecule is Cc1cccc(Cn2cc(Cl)c(N)n2)n1. The molecular formula is C10H11ClN4. The van der Waals surface area contributed by atoms with Gasteiger partial charge < -0.3 is 5.73 Å². The van der Waals surface area contributed by atoms with Gasteiger partial charge in [0.25, 0.3) is 0 Å². The summed E-state index contributed by atoms with van der Waals surface area (Å²) in [7, 11) is 0. The van der Waals surface area contributed by atoms with Crippen molar-refractivity contribution in [3.63, 3.8) is 0 Å². The van der Waals surface area contributed by atoms with Gasteiger partial charge in [0.15, 0.2) is 5.82 Å². The summed E-state index contributed by atoms with van der Waals surface area (Å²) >= 11 is 5.80. The number of halogens is 1. The highest BCUT2D eigenvalue weighted by molar-refractivity contribution is 6.32. The van der Waals surface area contributed by atoms with E-state index < -0.39 is 0 Å². The Hall–Kier alpha value is -1.55. The van der Waals surface area contributed by atoms with Crippen molar-refractivity contribution in [3.05, 3.63) is 40.8 Å². The van der Waals surface area contributed by atoms with E-state index >= 15 is 0 Å². The Morgan fingerprint density at radius 3 is 2.87 bits per heavy atom. The molecule has 0 bridgehead atoms. The zero-order valence-electron chi connectivity index (χ0n) is 8.31. The summed E-state index contributed by atoms with van der Waals surface area (Å²) < 4.78 is 1.68. The molecule has 78 valence electrons. The van der Waals surface area contributed by atoms with E-state index in [0.717, 1.165) is 11.4 Å². The minimum atomic E-state index is 0.351. The van der Waals surface area contributed by atoms with Crippen LogP contribution >= 0.6 is 11.6 Å². The molecule has 2 aromatic heterocycles. The Balaban J connectivity index is 2.22. The topological polar surface area (TPSA) is 56.7 Å². The average Bonchev–Trinajstić information content (AvgIpc) is 2.45. The lowest BCUT2D eigenvalue weighted by atomic mass is 10.3. The molecule has 0 aliphatic heterocycles. The number of hydrogen-bond donors (Lipinski definition) is 1. The Morgan fingerprint density at radius 1 is 1.47 bits per heavy atom. The number of rotatable bonds is 2. The minimum Gasteiger partial charge on any atom is -0.381 e. The van der Waals surface area contributed by atoms with E-state index in [4.69, 9.17) is 17.3 Å². The first-order valence-corrected chi connectivity index (χ1v) is 4.94. The van der Waals surface area contributed by atoms with Crippen molar-refractivity contribution in [1.82, 2.24) is 14.8 Å². The predicted molar refractivity (Wildman–Crippen MR) is 59.7 cm³/mol. The molecule has 0 fully saturated rings. The van der Waals surface area contributed by atoms with Crippen LogP contribution in [0.5, 0.6) is 0 Å². The number of nitrogen functional groups attached to an aromatic ring is 1. The largest absolute Gasteiger partial charge is 0.381 e.